The Morgan fingerprint density at radius 2 is 1.95 bits per heavy atom. The summed E-state index contributed by atoms with van der Waals surface area (Å²) in [5, 5.41) is 3.62. The molecular weight excluding hydrogens is 527 g/mol. The van der Waals surface area contributed by atoms with E-state index in [0.29, 0.717) is 55.6 Å². The fraction of sp³-hybridized carbons (Fsp3) is 0.481. The van der Waals surface area contributed by atoms with Gasteiger partial charge in [-0.25, -0.2) is 19.6 Å². The van der Waals surface area contributed by atoms with Crippen molar-refractivity contribution < 1.29 is 27.5 Å². The molecule has 214 valence electrons. The second kappa shape index (κ2) is 10.2. The van der Waals surface area contributed by atoms with E-state index in [4.69, 9.17) is 4.74 Å². The number of nitrogens with zero attached hydrogens (tertiary/aromatic N) is 5. The maximum atomic E-state index is 14.1. The number of likely N-dealkylation sites (N-methyl/N-ethyl adjacent to an activating group) is 1. The van der Waals surface area contributed by atoms with Gasteiger partial charge in [-0.1, -0.05) is 12.1 Å². The number of halogens is 3. The molecule has 2 fully saturated rings. The van der Waals surface area contributed by atoms with Crippen molar-refractivity contribution in [2.24, 2.45) is 0 Å². The number of urea groups is 1. The largest absolute Gasteiger partial charge is 0.444 e. The van der Waals surface area contributed by atoms with E-state index in [-0.39, 0.29) is 29.3 Å². The van der Waals surface area contributed by atoms with Crippen LogP contribution < -0.4 is 10.2 Å². The highest BCUT2D eigenvalue weighted by Gasteiger charge is 2.37. The number of anilines is 2. The number of alkyl halides is 3. The first-order valence-corrected chi connectivity index (χ1v) is 13.1. The van der Waals surface area contributed by atoms with Crippen LogP contribution in [-0.4, -0.2) is 81.7 Å². The van der Waals surface area contributed by atoms with E-state index in [1.807, 2.05) is 0 Å². The number of carbonyl (C=O) groups is 2. The molecule has 2 N–H and O–H groups in total. The molecule has 1 aromatic carbocycles. The molecular formula is C27H32F3N7O3. The lowest BCUT2D eigenvalue weighted by Crippen LogP contribution is -2.47. The first-order chi connectivity index (χ1) is 18.8. The number of likely N-dealkylation sites (tertiary alicyclic amines) is 1. The molecule has 2 aromatic heterocycles. The molecule has 2 saturated heterocycles. The minimum absolute atomic E-state index is 0.0286. The van der Waals surface area contributed by atoms with Gasteiger partial charge in [0.15, 0.2) is 0 Å². The number of hydrogen-bond acceptors (Lipinski definition) is 6. The second-order valence-corrected chi connectivity index (χ2v) is 11.1. The molecule has 13 heteroatoms. The molecule has 1 atom stereocenters. The maximum Gasteiger partial charge on any atom is 0.419 e. The van der Waals surface area contributed by atoms with E-state index in [9.17, 15) is 22.8 Å². The molecule has 2 aliphatic heterocycles. The molecule has 0 unspecified atom stereocenters. The van der Waals surface area contributed by atoms with Gasteiger partial charge >= 0.3 is 18.3 Å². The van der Waals surface area contributed by atoms with Crippen LogP contribution in [0.15, 0.2) is 30.6 Å². The smallest absolute Gasteiger partial charge is 0.419 e. The zero-order valence-electron chi connectivity index (χ0n) is 22.8. The standard InChI is InChI=1S/C27H32F3N7O3/c1-26(2,3)40-25(39)36-10-6-7-16(15-36)33-23-32-14-19(27(28,29)30)21(34-23)18-13-31-22-17(18)8-5-9-20(22)37-12-11-35(4)24(37)38/h5,8-9,13-14,16,31H,6-7,10-12,15H2,1-4H3,(H,32,33,34)/t16-/m0/s1. The molecule has 3 amide bonds. The third-order valence-electron chi connectivity index (χ3n) is 6.96. The lowest BCUT2D eigenvalue weighted by molar-refractivity contribution is -0.137. The maximum absolute atomic E-state index is 14.1. The van der Waals surface area contributed by atoms with Gasteiger partial charge in [0.05, 0.1) is 16.9 Å². The minimum atomic E-state index is -4.69. The summed E-state index contributed by atoms with van der Waals surface area (Å²) in [5.41, 5.74) is -0.515. The fourth-order valence-corrected chi connectivity index (χ4v) is 5.06. The summed E-state index contributed by atoms with van der Waals surface area (Å²) < 4.78 is 47.8. The van der Waals surface area contributed by atoms with E-state index in [1.54, 1.807) is 60.7 Å². The van der Waals surface area contributed by atoms with Crippen LogP contribution in [0, 0.1) is 0 Å². The number of H-pyrrole nitrogens is 1. The van der Waals surface area contributed by atoms with E-state index in [2.05, 4.69) is 20.3 Å². The molecule has 0 aliphatic carbocycles. The summed E-state index contributed by atoms with van der Waals surface area (Å²) in [6.45, 7) is 7.22. The molecule has 0 radical (unpaired) electrons. The Morgan fingerprint density at radius 1 is 1.18 bits per heavy atom. The quantitative estimate of drug-likeness (QED) is 0.448. The zero-order chi connectivity index (χ0) is 28.8. The highest BCUT2D eigenvalue weighted by Crippen LogP contribution is 2.40. The third kappa shape index (κ3) is 5.50. The van der Waals surface area contributed by atoms with E-state index >= 15 is 0 Å². The lowest BCUT2D eigenvalue weighted by atomic mass is 10.0. The predicted octanol–water partition coefficient (Wildman–Crippen LogP) is 5.33. The normalized spacial score (nSPS) is 18.5. The zero-order valence-corrected chi connectivity index (χ0v) is 22.8. The van der Waals surface area contributed by atoms with Crippen LogP contribution in [0.3, 0.4) is 0 Å². The number of para-hydroxylation sites is 1. The van der Waals surface area contributed by atoms with Crippen LogP contribution in [0.2, 0.25) is 0 Å². The predicted molar refractivity (Wildman–Crippen MR) is 144 cm³/mol. The lowest BCUT2D eigenvalue weighted by Gasteiger charge is -2.34. The highest BCUT2D eigenvalue weighted by molar-refractivity contribution is 6.07. The van der Waals surface area contributed by atoms with Crippen LogP contribution in [0.5, 0.6) is 0 Å². The van der Waals surface area contributed by atoms with Crippen LogP contribution in [0.4, 0.5) is 34.4 Å². The van der Waals surface area contributed by atoms with Crippen LogP contribution >= 0.6 is 0 Å². The van der Waals surface area contributed by atoms with Crippen LogP contribution in [0.1, 0.15) is 39.2 Å². The number of piperidine rings is 1. The second-order valence-electron chi connectivity index (χ2n) is 11.1. The van der Waals surface area contributed by atoms with Gasteiger partial charge in [-0.3, -0.25) is 4.90 Å². The van der Waals surface area contributed by atoms with Crippen molar-refractivity contribution in [3.8, 4) is 11.3 Å². The molecule has 0 bridgehead atoms. The van der Waals surface area contributed by atoms with Gasteiger partial charge in [-0.15, -0.1) is 0 Å². The third-order valence-corrected chi connectivity index (χ3v) is 6.96. The topological polar surface area (TPSA) is 107 Å². The first kappa shape index (κ1) is 27.5. The average molecular weight is 560 g/mol. The Balaban J connectivity index is 1.46. The monoisotopic (exact) mass is 559 g/mol. The number of carbonyl (C=O) groups excluding carboxylic acids is 2. The van der Waals surface area contributed by atoms with Crippen molar-refractivity contribution in [1.82, 2.24) is 24.8 Å². The summed E-state index contributed by atoms with van der Waals surface area (Å²) in [6.07, 6.45) is -1.49. The van der Waals surface area contributed by atoms with Crippen molar-refractivity contribution in [3.63, 3.8) is 0 Å². The van der Waals surface area contributed by atoms with Gasteiger partial charge < -0.3 is 24.8 Å². The van der Waals surface area contributed by atoms with Crippen LogP contribution in [-0.2, 0) is 10.9 Å². The number of fused-ring (bicyclic) bond motifs is 1. The highest BCUT2D eigenvalue weighted by atomic mass is 19.4. The molecule has 4 heterocycles. The van der Waals surface area contributed by atoms with Crippen molar-refractivity contribution in [2.75, 3.05) is 43.4 Å². The summed E-state index contributed by atoms with van der Waals surface area (Å²) in [4.78, 5) is 41.3. The van der Waals surface area contributed by atoms with E-state index in [0.717, 1.165) is 6.20 Å². The molecule has 0 saturated carbocycles. The number of ether oxygens (including phenoxy) is 1. The van der Waals surface area contributed by atoms with Crippen molar-refractivity contribution in [1.29, 1.82) is 0 Å². The number of aromatic nitrogens is 3. The summed E-state index contributed by atoms with van der Waals surface area (Å²) in [6, 6.07) is 4.72. The Labute approximate surface area is 229 Å². The average Bonchev–Trinajstić information content (AvgIpc) is 3.45. The summed E-state index contributed by atoms with van der Waals surface area (Å²) in [5.74, 6) is 0.0286. The first-order valence-electron chi connectivity index (χ1n) is 13.1. The Morgan fingerprint density at radius 3 is 2.62 bits per heavy atom. The van der Waals surface area contributed by atoms with Crippen molar-refractivity contribution >= 4 is 34.7 Å². The van der Waals surface area contributed by atoms with Gasteiger partial charge in [0.25, 0.3) is 0 Å². The number of amides is 3. The van der Waals surface area contributed by atoms with Gasteiger partial charge in [0.2, 0.25) is 5.95 Å². The summed E-state index contributed by atoms with van der Waals surface area (Å²) >= 11 is 0. The minimum Gasteiger partial charge on any atom is -0.444 e. The fourth-order valence-electron chi connectivity index (χ4n) is 5.06. The van der Waals surface area contributed by atoms with Crippen LogP contribution in [0.25, 0.3) is 22.2 Å². The number of benzene rings is 1. The van der Waals surface area contributed by atoms with E-state index in [1.165, 1.54) is 6.20 Å². The van der Waals surface area contributed by atoms with E-state index < -0.39 is 23.4 Å². The van der Waals surface area contributed by atoms with Gasteiger partial charge in [-0.05, 0) is 39.7 Å². The molecule has 2 aliphatic rings. The Hall–Kier alpha value is -4.03. The Bertz CT molecular complexity index is 1430. The van der Waals surface area contributed by atoms with Gasteiger partial charge in [-0.2, -0.15) is 13.2 Å². The molecule has 10 nitrogen and oxygen atoms in total. The van der Waals surface area contributed by atoms with Gasteiger partial charge in [0.1, 0.15) is 11.2 Å². The van der Waals surface area contributed by atoms with Gasteiger partial charge in [0, 0.05) is 62.6 Å². The SMILES string of the molecule is CN1CCN(c2cccc3c(-c4nc(N[C@H]5CCCN(C(=O)OC(C)(C)C)C5)ncc4C(F)(F)F)c[nH]c23)C1=O. The Kier molecular flexibility index (Phi) is 7.01. The molecule has 40 heavy (non-hydrogen) atoms. The number of hydrogen-bond donors (Lipinski definition) is 2. The van der Waals surface area contributed by atoms with Crippen molar-refractivity contribution in [3.05, 3.63) is 36.2 Å². The number of nitrogens with one attached hydrogen (secondary N) is 2. The molecule has 5 rings (SSSR count). The molecule has 0 spiro atoms. The number of rotatable bonds is 4. The number of aromatic amines is 1. The van der Waals surface area contributed by atoms with Crippen molar-refractivity contribution in [2.45, 2.75) is 51.4 Å². The summed E-state index contributed by atoms with van der Waals surface area (Å²) in [7, 11) is 1.70. The molecule has 3 aromatic rings.